The molecule has 8 N–H and O–H groups in total. The zero-order chi connectivity index (χ0) is 23.4. The van der Waals surface area contributed by atoms with Crippen molar-refractivity contribution < 1.29 is 30.0 Å². The summed E-state index contributed by atoms with van der Waals surface area (Å²) in [4.78, 5) is 16.0. The molecule has 32 heavy (non-hydrogen) atoms. The van der Waals surface area contributed by atoms with Crippen molar-refractivity contribution in [1.82, 2.24) is 10.3 Å². The van der Waals surface area contributed by atoms with Gasteiger partial charge >= 0.3 is 0 Å². The van der Waals surface area contributed by atoms with E-state index in [9.17, 15) is 25.2 Å². The standard InChI is InChI=1S/C22H24N4O6/c1-25-22(31)15-6-14(8-26-9-15)12-4-11(18(24)13(5-12)7-23)2-3-16-19(28)21(30)20(29)17(10-27)32-16/h4-9,16-17,19-21,23,27-30H,10,24H2,1H3,(H,25,31)/t16?,17?,19?,20-,21?/m1/s1. The first-order valence-corrected chi connectivity index (χ1v) is 9.74. The average molecular weight is 440 g/mol. The molecule has 1 aromatic heterocycles. The monoisotopic (exact) mass is 440 g/mol. The Morgan fingerprint density at radius 3 is 2.62 bits per heavy atom. The van der Waals surface area contributed by atoms with Crippen LogP contribution in [0.2, 0.25) is 0 Å². The summed E-state index contributed by atoms with van der Waals surface area (Å²) in [5.41, 5.74) is 8.61. The maximum atomic E-state index is 11.9. The summed E-state index contributed by atoms with van der Waals surface area (Å²) in [6, 6.07) is 4.94. The van der Waals surface area contributed by atoms with Gasteiger partial charge in [0.15, 0.2) is 0 Å². The highest BCUT2D eigenvalue weighted by atomic mass is 16.5. The molecule has 3 rings (SSSR count). The van der Waals surface area contributed by atoms with E-state index in [0.717, 1.165) is 6.21 Å². The molecule has 10 heteroatoms. The Balaban J connectivity index is 2.01. The molecule has 168 valence electrons. The summed E-state index contributed by atoms with van der Waals surface area (Å²) >= 11 is 0. The predicted octanol–water partition coefficient (Wildman–Crippen LogP) is -1.12. The van der Waals surface area contributed by atoms with E-state index in [1.807, 2.05) is 0 Å². The second kappa shape index (κ2) is 9.86. The number of nitrogens with one attached hydrogen (secondary N) is 2. The number of pyridine rings is 1. The Bertz CT molecular complexity index is 1080. The zero-order valence-electron chi connectivity index (χ0n) is 17.2. The van der Waals surface area contributed by atoms with E-state index in [1.165, 1.54) is 13.2 Å². The number of benzene rings is 1. The molecule has 0 bridgehead atoms. The number of carbonyl (C=O) groups is 1. The molecule has 0 radical (unpaired) electrons. The maximum absolute atomic E-state index is 11.9. The number of nitrogens with zero attached hydrogens (tertiary/aromatic N) is 1. The van der Waals surface area contributed by atoms with Crippen LogP contribution in [0.5, 0.6) is 0 Å². The molecule has 10 nitrogen and oxygen atoms in total. The van der Waals surface area contributed by atoms with E-state index < -0.39 is 37.1 Å². The van der Waals surface area contributed by atoms with E-state index in [2.05, 4.69) is 22.1 Å². The number of aliphatic hydroxyl groups excluding tert-OH is 4. The van der Waals surface area contributed by atoms with Crippen molar-refractivity contribution in [3.8, 4) is 23.0 Å². The van der Waals surface area contributed by atoms with E-state index in [4.69, 9.17) is 15.9 Å². The molecule has 0 aliphatic carbocycles. The second-order valence-electron chi connectivity index (χ2n) is 7.23. The number of ether oxygens (including phenoxy) is 1. The SMILES string of the molecule is CNC(=O)c1cncc(-c2cc(C#CC3OC(CO)[C@@H](O)C(O)C3O)c(N)c(C=N)c2)c1. The van der Waals surface area contributed by atoms with Crippen LogP contribution in [-0.2, 0) is 4.74 Å². The highest BCUT2D eigenvalue weighted by molar-refractivity contribution is 5.95. The van der Waals surface area contributed by atoms with Crippen molar-refractivity contribution in [2.24, 2.45) is 0 Å². The number of nitrogen functional groups attached to an aromatic ring is 1. The fraction of sp³-hybridized carbons (Fsp3) is 0.318. The third-order valence-corrected chi connectivity index (χ3v) is 5.17. The third-order valence-electron chi connectivity index (χ3n) is 5.17. The Hall–Kier alpha value is -3.33. The minimum absolute atomic E-state index is 0.219. The van der Waals surface area contributed by atoms with Gasteiger partial charge in [0.1, 0.15) is 30.5 Å². The van der Waals surface area contributed by atoms with Gasteiger partial charge < -0.3 is 41.6 Å². The molecule has 1 aliphatic rings. The van der Waals surface area contributed by atoms with E-state index >= 15 is 0 Å². The van der Waals surface area contributed by atoms with Crippen molar-refractivity contribution in [2.45, 2.75) is 30.5 Å². The van der Waals surface area contributed by atoms with Gasteiger partial charge in [0.05, 0.1) is 17.9 Å². The Kier molecular flexibility index (Phi) is 7.19. The quantitative estimate of drug-likeness (QED) is 0.177. The molecular weight excluding hydrogens is 416 g/mol. The van der Waals surface area contributed by atoms with Crippen molar-refractivity contribution >= 4 is 17.8 Å². The predicted molar refractivity (Wildman–Crippen MR) is 116 cm³/mol. The number of hydrogen-bond donors (Lipinski definition) is 7. The first-order chi connectivity index (χ1) is 15.3. The Labute approximate surface area is 184 Å². The number of anilines is 1. The molecule has 2 aromatic rings. The van der Waals surface area contributed by atoms with E-state index in [1.54, 1.807) is 24.4 Å². The van der Waals surface area contributed by atoms with Crippen molar-refractivity contribution in [3.05, 3.63) is 47.3 Å². The van der Waals surface area contributed by atoms with Gasteiger partial charge in [0.2, 0.25) is 0 Å². The molecule has 1 aromatic carbocycles. The van der Waals surface area contributed by atoms with Crippen LogP contribution in [0.25, 0.3) is 11.1 Å². The molecule has 1 aliphatic heterocycles. The molecule has 1 amide bonds. The fourth-order valence-electron chi connectivity index (χ4n) is 3.30. The number of carbonyl (C=O) groups excluding carboxylic acids is 1. The lowest BCUT2D eigenvalue weighted by Gasteiger charge is -2.37. The zero-order valence-corrected chi connectivity index (χ0v) is 17.2. The molecule has 1 saturated heterocycles. The summed E-state index contributed by atoms with van der Waals surface area (Å²) in [6.45, 7) is -0.562. The molecule has 0 spiro atoms. The summed E-state index contributed by atoms with van der Waals surface area (Å²) in [7, 11) is 1.51. The van der Waals surface area contributed by atoms with Crippen molar-refractivity contribution in [1.29, 1.82) is 5.41 Å². The van der Waals surface area contributed by atoms with E-state index in [-0.39, 0.29) is 11.6 Å². The second-order valence-corrected chi connectivity index (χ2v) is 7.23. The van der Waals surface area contributed by atoms with Crippen LogP contribution in [0, 0.1) is 17.3 Å². The van der Waals surface area contributed by atoms with Crippen LogP contribution in [0.3, 0.4) is 0 Å². The van der Waals surface area contributed by atoms with Crippen LogP contribution >= 0.6 is 0 Å². The smallest absolute Gasteiger partial charge is 0.252 e. The highest BCUT2D eigenvalue weighted by Crippen LogP contribution is 2.27. The number of rotatable bonds is 4. The van der Waals surface area contributed by atoms with Gasteiger partial charge in [-0.25, -0.2) is 0 Å². The van der Waals surface area contributed by atoms with E-state index in [0.29, 0.717) is 27.8 Å². The average Bonchev–Trinajstić information content (AvgIpc) is 2.82. The van der Waals surface area contributed by atoms with Gasteiger partial charge in [-0.05, 0) is 23.8 Å². The number of nitrogens with two attached hydrogens (primary N) is 1. The molecule has 0 saturated carbocycles. The summed E-state index contributed by atoms with van der Waals surface area (Å²) in [6.07, 6.45) is -2.74. The lowest BCUT2D eigenvalue weighted by atomic mass is 9.94. The Morgan fingerprint density at radius 1 is 1.22 bits per heavy atom. The molecule has 2 heterocycles. The van der Waals surface area contributed by atoms with Crippen LogP contribution in [0.1, 0.15) is 21.5 Å². The minimum atomic E-state index is -1.54. The maximum Gasteiger partial charge on any atom is 0.252 e. The topological polar surface area (TPSA) is 182 Å². The number of aromatic nitrogens is 1. The van der Waals surface area contributed by atoms with Crippen LogP contribution in [0.15, 0.2) is 30.6 Å². The minimum Gasteiger partial charge on any atom is -0.397 e. The summed E-state index contributed by atoms with van der Waals surface area (Å²) in [5.74, 6) is 5.16. The van der Waals surface area contributed by atoms with Gasteiger partial charge in [0.25, 0.3) is 5.91 Å². The largest absolute Gasteiger partial charge is 0.397 e. The van der Waals surface area contributed by atoms with Gasteiger partial charge in [-0.1, -0.05) is 11.8 Å². The normalized spacial score (nSPS) is 24.8. The summed E-state index contributed by atoms with van der Waals surface area (Å²) < 4.78 is 5.39. The molecule has 4 unspecified atom stereocenters. The number of hydrogen-bond acceptors (Lipinski definition) is 9. The first kappa shape index (κ1) is 23.3. The third kappa shape index (κ3) is 4.62. The van der Waals surface area contributed by atoms with Gasteiger partial charge in [0, 0.05) is 42.3 Å². The van der Waals surface area contributed by atoms with Crippen LogP contribution < -0.4 is 11.1 Å². The molecule has 1 fully saturated rings. The molecular formula is C22H24N4O6. The Morgan fingerprint density at radius 2 is 1.97 bits per heavy atom. The fourth-order valence-corrected chi connectivity index (χ4v) is 3.30. The number of aliphatic hydroxyl groups is 4. The van der Waals surface area contributed by atoms with Gasteiger partial charge in [-0.2, -0.15) is 0 Å². The van der Waals surface area contributed by atoms with Gasteiger partial charge in [-0.15, -0.1) is 0 Å². The first-order valence-electron chi connectivity index (χ1n) is 9.74. The lowest BCUT2D eigenvalue weighted by molar-refractivity contribution is -0.214. The lowest BCUT2D eigenvalue weighted by Crippen LogP contribution is -2.58. The highest BCUT2D eigenvalue weighted by Gasteiger charge is 2.42. The summed E-state index contributed by atoms with van der Waals surface area (Å²) in [5, 5.41) is 49.5. The van der Waals surface area contributed by atoms with Crippen molar-refractivity contribution in [3.63, 3.8) is 0 Å². The number of amides is 1. The van der Waals surface area contributed by atoms with Crippen LogP contribution in [0.4, 0.5) is 5.69 Å². The van der Waals surface area contributed by atoms with Crippen molar-refractivity contribution in [2.75, 3.05) is 19.4 Å². The van der Waals surface area contributed by atoms with Crippen LogP contribution in [-0.4, -0.2) is 81.7 Å². The molecule has 5 atom stereocenters. The van der Waals surface area contributed by atoms with Gasteiger partial charge in [-0.3, -0.25) is 9.78 Å².